The number of piperidine rings is 1. The molecule has 0 aliphatic carbocycles. The highest BCUT2D eigenvalue weighted by atomic mass is 35.5. The van der Waals surface area contributed by atoms with Crippen molar-refractivity contribution in [3.05, 3.63) is 18.2 Å². The molecule has 148 valence electrons. The van der Waals surface area contributed by atoms with Crippen LogP contribution in [0.15, 0.2) is 18.2 Å². The minimum atomic E-state index is -4.73. The molecule has 3 heterocycles. The Hall–Kier alpha value is -1.58. The number of hydrogen-bond acceptors (Lipinski definition) is 5. The van der Waals surface area contributed by atoms with Crippen LogP contribution in [0, 0.1) is 5.92 Å². The maximum atomic E-state index is 12.3. The summed E-state index contributed by atoms with van der Waals surface area (Å²) < 4.78 is 41.4. The van der Waals surface area contributed by atoms with E-state index in [1.165, 1.54) is 31.0 Å². The first-order valence-corrected chi connectivity index (χ1v) is 9.38. The molecule has 2 saturated heterocycles. The molecule has 0 radical (unpaired) electrons. The number of alkyl halides is 3. The second-order valence-electron chi connectivity index (χ2n) is 6.92. The highest BCUT2D eigenvalue weighted by molar-refractivity contribution is 7.22. The molecular formula is C17H19ClF3N3O2S. The molecule has 27 heavy (non-hydrogen) atoms. The second-order valence-corrected chi connectivity index (χ2v) is 7.95. The Morgan fingerprint density at radius 3 is 2.67 bits per heavy atom. The molecule has 1 aromatic carbocycles. The van der Waals surface area contributed by atoms with Crippen molar-refractivity contribution >= 4 is 45.0 Å². The topological polar surface area (TPSA) is 63.2 Å². The molecule has 0 saturated carbocycles. The number of fused-ring (bicyclic) bond motifs is 3. The normalized spacial score (nSPS) is 24.5. The number of hydrogen-bond donors (Lipinski definition) is 2. The van der Waals surface area contributed by atoms with Crippen molar-refractivity contribution < 1.29 is 22.7 Å². The quantitative estimate of drug-likeness (QED) is 0.764. The fourth-order valence-electron chi connectivity index (χ4n) is 3.93. The Morgan fingerprint density at radius 2 is 2.00 bits per heavy atom. The molecule has 2 aliphatic heterocycles. The van der Waals surface area contributed by atoms with Gasteiger partial charge in [-0.25, -0.2) is 4.98 Å². The lowest BCUT2D eigenvalue weighted by molar-refractivity contribution is -0.274. The molecule has 2 aromatic rings. The number of thiazole rings is 1. The van der Waals surface area contributed by atoms with Crippen LogP contribution in [0.2, 0.25) is 0 Å². The van der Waals surface area contributed by atoms with Gasteiger partial charge in [-0.2, -0.15) is 0 Å². The molecule has 2 unspecified atom stereocenters. The number of ether oxygens (including phenoxy) is 1. The van der Waals surface area contributed by atoms with E-state index in [0.717, 1.165) is 24.2 Å². The third kappa shape index (κ3) is 5.03. The van der Waals surface area contributed by atoms with Gasteiger partial charge >= 0.3 is 6.36 Å². The number of benzene rings is 1. The van der Waals surface area contributed by atoms with Gasteiger partial charge in [0.15, 0.2) is 5.13 Å². The monoisotopic (exact) mass is 421 g/mol. The van der Waals surface area contributed by atoms with E-state index in [-0.39, 0.29) is 24.1 Å². The van der Waals surface area contributed by atoms with E-state index < -0.39 is 6.36 Å². The van der Waals surface area contributed by atoms with Crippen LogP contribution in [0.1, 0.15) is 32.1 Å². The average Bonchev–Trinajstić information content (AvgIpc) is 3.07. The van der Waals surface area contributed by atoms with E-state index in [2.05, 4.69) is 20.4 Å². The van der Waals surface area contributed by atoms with Crippen molar-refractivity contribution in [2.45, 2.75) is 50.6 Å². The molecule has 2 aliphatic rings. The molecular weight excluding hydrogens is 403 g/mol. The summed E-state index contributed by atoms with van der Waals surface area (Å²) in [6, 6.07) is 5.00. The Bertz CT molecular complexity index is 817. The van der Waals surface area contributed by atoms with Crippen LogP contribution in [-0.2, 0) is 4.79 Å². The number of aromatic nitrogens is 1. The number of rotatable bonds is 4. The minimum absolute atomic E-state index is 0. The van der Waals surface area contributed by atoms with Crippen LogP contribution in [-0.4, -0.2) is 29.3 Å². The lowest BCUT2D eigenvalue weighted by atomic mass is 9.89. The molecule has 0 spiro atoms. The van der Waals surface area contributed by atoms with Crippen LogP contribution in [0.25, 0.3) is 10.2 Å². The van der Waals surface area contributed by atoms with Gasteiger partial charge in [0.05, 0.1) is 10.2 Å². The zero-order chi connectivity index (χ0) is 18.3. The Labute approximate surface area is 164 Å². The largest absolute Gasteiger partial charge is 0.573 e. The Balaban J connectivity index is 0.00000210. The van der Waals surface area contributed by atoms with E-state index in [9.17, 15) is 18.0 Å². The maximum Gasteiger partial charge on any atom is 0.573 e. The Kier molecular flexibility index (Phi) is 5.83. The van der Waals surface area contributed by atoms with Gasteiger partial charge in [-0.15, -0.1) is 25.6 Å². The van der Waals surface area contributed by atoms with Gasteiger partial charge in [0.25, 0.3) is 0 Å². The van der Waals surface area contributed by atoms with Crippen LogP contribution in [0.4, 0.5) is 18.3 Å². The summed E-state index contributed by atoms with van der Waals surface area (Å²) in [5.74, 6) is -0.0197. The molecule has 2 fully saturated rings. The predicted molar refractivity (Wildman–Crippen MR) is 99.5 cm³/mol. The van der Waals surface area contributed by atoms with Gasteiger partial charge in [-0.1, -0.05) is 11.3 Å². The van der Waals surface area contributed by atoms with Gasteiger partial charge in [0.1, 0.15) is 5.75 Å². The number of carbonyl (C=O) groups excluding carboxylic acids is 1. The second kappa shape index (κ2) is 7.81. The molecule has 10 heteroatoms. The van der Waals surface area contributed by atoms with Gasteiger partial charge in [0.2, 0.25) is 5.91 Å². The van der Waals surface area contributed by atoms with Crippen LogP contribution >= 0.6 is 23.7 Å². The summed E-state index contributed by atoms with van der Waals surface area (Å²) in [4.78, 5) is 16.6. The van der Waals surface area contributed by atoms with Gasteiger partial charge in [0, 0.05) is 24.6 Å². The van der Waals surface area contributed by atoms with Crippen LogP contribution in [0.3, 0.4) is 0 Å². The van der Waals surface area contributed by atoms with Gasteiger partial charge in [-0.3, -0.25) is 4.79 Å². The van der Waals surface area contributed by atoms with Gasteiger partial charge < -0.3 is 15.4 Å². The molecule has 2 N–H and O–H groups in total. The minimum Gasteiger partial charge on any atom is -0.406 e. The van der Waals surface area contributed by atoms with Gasteiger partial charge in [-0.05, 0) is 43.7 Å². The molecule has 2 bridgehead atoms. The van der Waals surface area contributed by atoms with Crippen molar-refractivity contribution in [3.63, 3.8) is 0 Å². The lowest BCUT2D eigenvalue weighted by Crippen LogP contribution is -2.39. The Morgan fingerprint density at radius 1 is 1.30 bits per heavy atom. The van der Waals surface area contributed by atoms with E-state index in [1.807, 2.05) is 0 Å². The molecule has 1 aromatic heterocycles. The maximum absolute atomic E-state index is 12.3. The fourth-order valence-corrected chi connectivity index (χ4v) is 4.84. The average molecular weight is 422 g/mol. The van der Waals surface area contributed by atoms with Crippen molar-refractivity contribution in [2.24, 2.45) is 5.92 Å². The number of anilines is 1. The van der Waals surface area contributed by atoms with E-state index >= 15 is 0 Å². The molecule has 1 amide bonds. The molecule has 5 nitrogen and oxygen atoms in total. The standard InChI is InChI=1S/C17H18F3N3O2S.ClH/c18-17(19,20)25-12-3-4-13-14(8-12)26-16(22-13)23-15(24)7-9-5-10-1-2-11(6-9)21-10;/h3-4,8-11,21H,1-2,5-7H2,(H,22,23,24);1H. The first kappa shape index (κ1) is 20.2. The van der Waals surface area contributed by atoms with Crippen LogP contribution in [0.5, 0.6) is 5.75 Å². The number of nitrogens with one attached hydrogen (secondary N) is 2. The van der Waals surface area contributed by atoms with Crippen molar-refractivity contribution in [1.82, 2.24) is 10.3 Å². The highest BCUT2D eigenvalue weighted by Gasteiger charge is 2.34. The van der Waals surface area contributed by atoms with E-state index in [0.29, 0.717) is 39.8 Å². The number of halogens is 4. The number of amides is 1. The summed E-state index contributed by atoms with van der Waals surface area (Å²) in [6.07, 6.45) is 0.118. The van der Waals surface area contributed by atoms with Crippen molar-refractivity contribution in [2.75, 3.05) is 5.32 Å². The smallest absolute Gasteiger partial charge is 0.406 e. The summed E-state index contributed by atoms with van der Waals surface area (Å²) in [7, 11) is 0. The van der Waals surface area contributed by atoms with Crippen molar-refractivity contribution in [3.8, 4) is 5.75 Å². The summed E-state index contributed by atoms with van der Waals surface area (Å²) in [6.45, 7) is 0. The highest BCUT2D eigenvalue weighted by Crippen LogP contribution is 2.34. The van der Waals surface area contributed by atoms with E-state index in [1.54, 1.807) is 0 Å². The first-order chi connectivity index (χ1) is 12.3. The van der Waals surface area contributed by atoms with Crippen LogP contribution < -0.4 is 15.4 Å². The zero-order valence-electron chi connectivity index (χ0n) is 14.2. The zero-order valence-corrected chi connectivity index (χ0v) is 15.8. The third-order valence-electron chi connectivity index (χ3n) is 4.88. The SMILES string of the molecule is Cl.O=C(CC1CC2CCC(C1)N2)Nc1nc2ccc(OC(F)(F)F)cc2s1. The predicted octanol–water partition coefficient (Wildman–Crippen LogP) is 4.48. The first-order valence-electron chi connectivity index (χ1n) is 8.56. The number of carbonyl (C=O) groups is 1. The molecule has 4 rings (SSSR count). The summed E-state index contributed by atoms with van der Waals surface area (Å²) >= 11 is 1.14. The fraction of sp³-hybridized carbons (Fsp3) is 0.529. The van der Waals surface area contributed by atoms with Crippen molar-refractivity contribution in [1.29, 1.82) is 0 Å². The van der Waals surface area contributed by atoms with E-state index in [4.69, 9.17) is 0 Å². The third-order valence-corrected chi connectivity index (χ3v) is 5.82. The number of nitrogens with zero attached hydrogens (tertiary/aromatic N) is 1. The summed E-state index contributed by atoms with van der Waals surface area (Å²) in [5, 5.41) is 6.72. The summed E-state index contributed by atoms with van der Waals surface area (Å²) in [5.41, 5.74) is 0.528. The molecule has 2 atom stereocenters. The lowest BCUT2D eigenvalue weighted by Gasteiger charge is -2.28.